The average molecular weight is 411 g/mol. The van der Waals surface area contributed by atoms with Gasteiger partial charge in [0, 0.05) is 6.20 Å². The number of hydrogen-bond acceptors (Lipinski definition) is 5. The Balaban J connectivity index is 2.44. The van der Waals surface area contributed by atoms with Gasteiger partial charge in [-0.2, -0.15) is 0 Å². The van der Waals surface area contributed by atoms with Crippen LogP contribution in [0.4, 0.5) is 5.69 Å². The topological polar surface area (TPSA) is 90.2 Å². The molecule has 0 aliphatic heterocycles. The lowest BCUT2D eigenvalue weighted by Crippen LogP contribution is -2.15. The van der Waals surface area contributed by atoms with Crippen LogP contribution in [0, 0.1) is 17.0 Å². The van der Waals surface area contributed by atoms with Crippen molar-refractivity contribution in [3.05, 3.63) is 80.6 Å². The largest absolute Gasteiger partial charge is 0.305 e. The minimum absolute atomic E-state index is 0.103. The second-order valence-corrected chi connectivity index (χ2v) is 8.20. The van der Waals surface area contributed by atoms with Crippen molar-refractivity contribution >= 4 is 31.5 Å². The molecule has 2 aromatic rings. The van der Waals surface area contributed by atoms with Gasteiger partial charge in [-0.05, 0) is 34.5 Å². The van der Waals surface area contributed by atoms with Crippen molar-refractivity contribution in [1.82, 2.24) is 4.98 Å². The summed E-state index contributed by atoms with van der Waals surface area (Å²) >= 11 is 3.07. The Morgan fingerprint density at radius 3 is 2.50 bits per heavy atom. The maximum absolute atomic E-state index is 12.8. The van der Waals surface area contributed by atoms with E-state index in [-0.39, 0.29) is 15.9 Å². The van der Waals surface area contributed by atoms with Crippen molar-refractivity contribution in [2.75, 3.05) is 0 Å². The maximum atomic E-state index is 12.8. The number of rotatable bonds is 6. The number of aryl methyl sites for hydroxylation is 1. The molecule has 0 fully saturated rings. The molecule has 1 aromatic heterocycles. The SMILES string of the molecule is C=CC(c1ccc(C)cc1)S(=O)(=O)Cc1nccc(Br)c1[N+](=O)[O-]. The number of halogens is 1. The summed E-state index contributed by atoms with van der Waals surface area (Å²) in [5.41, 5.74) is 1.12. The van der Waals surface area contributed by atoms with Crippen molar-refractivity contribution in [1.29, 1.82) is 0 Å². The molecule has 0 saturated heterocycles. The summed E-state index contributed by atoms with van der Waals surface area (Å²) in [4.78, 5) is 14.4. The predicted molar refractivity (Wildman–Crippen MR) is 95.3 cm³/mol. The molecule has 1 unspecified atom stereocenters. The lowest BCUT2D eigenvalue weighted by Gasteiger charge is -2.14. The van der Waals surface area contributed by atoms with E-state index in [1.807, 2.05) is 6.92 Å². The molecule has 1 heterocycles. The maximum Gasteiger partial charge on any atom is 0.305 e. The summed E-state index contributed by atoms with van der Waals surface area (Å²) in [6, 6.07) is 8.44. The van der Waals surface area contributed by atoms with E-state index in [0.717, 1.165) is 5.56 Å². The zero-order valence-electron chi connectivity index (χ0n) is 12.8. The molecule has 0 radical (unpaired) electrons. The molecule has 0 amide bonds. The Labute approximate surface area is 148 Å². The molecular weight excluding hydrogens is 396 g/mol. The van der Waals surface area contributed by atoms with Crippen molar-refractivity contribution in [3.63, 3.8) is 0 Å². The monoisotopic (exact) mass is 410 g/mol. The molecule has 0 bridgehead atoms. The Bertz CT molecular complexity index is 879. The van der Waals surface area contributed by atoms with Gasteiger partial charge in [-0.3, -0.25) is 15.1 Å². The van der Waals surface area contributed by atoms with Gasteiger partial charge >= 0.3 is 5.69 Å². The van der Waals surface area contributed by atoms with Crippen LogP contribution in [-0.4, -0.2) is 18.3 Å². The molecule has 6 nitrogen and oxygen atoms in total. The second-order valence-electron chi connectivity index (χ2n) is 5.22. The zero-order valence-corrected chi connectivity index (χ0v) is 15.2. The van der Waals surface area contributed by atoms with Gasteiger partial charge < -0.3 is 0 Å². The molecule has 0 saturated carbocycles. The number of sulfone groups is 1. The number of pyridine rings is 1. The average Bonchev–Trinajstić information content (AvgIpc) is 2.49. The van der Waals surface area contributed by atoms with Crippen LogP contribution in [0.1, 0.15) is 22.1 Å². The summed E-state index contributed by atoms with van der Waals surface area (Å²) in [5, 5.41) is 10.2. The first-order valence-electron chi connectivity index (χ1n) is 6.94. The van der Waals surface area contributed by atoms with Crippen LogP contribution in [-0.2, 0) is 15.6 Å². The highest BCUT2D eigenvalue weighted by molar-refractivity contribution is 9.10. The van der Waals surface area contributed by atoms with E-state index in [1.165, 1.54) is 18.3 Å². The molecule has 1 aromatic carbocycles. The highest BCUT2D eigenvalue weighted by Gasteiger charge is 2.30. The van der Waals surface area contributed by atoms with E-state index < -0.39 is 25.8 Å². The Kier molecular flexibility index (Phi) is 5.51. The normalized spacial score (nSPS) is 12.6. The summed E-state index contributed by atoms with van der Waals surface area (Å²) in [6.07, 6.45) is 2.65. The molecular formula is C16H15BrN2O4S. The lowest BCUT2D eigenvalue weighted by atomic mass is 10.1. The third-order valence-corrected chi connectivity index (χ3v) is 6.03. The number of benzene rings is 1. The Hall–Kier alpha value is -2.06. The van der Waals surface area contributed by atoms with Crippen LogP contribution in [0.2, 0.25) is 0 Å². The highest BCUT2D eigenvalue weighted by Crippen LogP contribution is 2.32. The number of hydrogen-bond donors (Lipinski definition) is 0. The second kappa shape index (κ2) is 7.23. The molecule has 0 aliphatic rings. The van der Waals surface area contributed by atoms with Gasteiger partial charge in [0.15, 0.2) is 9.84 Å². The van der Waals surface area contributed by atoms with E-state index in [4.69, 9.17) is 0 Å². The molecule has 24 heavy (non-hydrogen) atoms. The first kappa shape index (κ1) is 18.3. The van der Waals surface area contributed by atoms with E-state index in [1.54, 1.807) is 24.3 Å². The summed E-state index contributed by atoms with van der Waals surface area (Å²) in [5.74, 6) is -0.548. The fourth-order valence-electron chi connectivity index (χ4n) is 2.30. The number of aromatic nitrogens is 1. The number of nitrogens with zero attached hydrogens (tertiary/aromatic N) is 2. The predicted octanol–water partition coefficient (Wildman–Crippen LogP) is 3.90. The highest BCUT2D eigenvalue weighted by atomic mass is 79.9. The van der Waals surface area contributed by atoms with Crippen LogP contribution >= 0.6 is 15.9 Å². The van der Waals surface area contributed by atoms with Gasteiger partial charge in [-0.1, -0.05) is 35.9 Å². The van der Waals surface area contributed by atoms with E-state index >= 15 is 0 Å². The molecule has 0 aliphatic carbocycles. The third-order valence-electron chi connectivity index (χ3n) is 3.48. The lowest BCUT2D eigenvalue weighted by molar-refractivity contribution is -0.386. The van der Waals surface area contributed by atoms with Crippen LogP contribution in [0.5, 0.6) is 0 Å². The summed E-state index contributed by atoms with van der Waals surface area (Å²) < 4.78 is 25.7. The molecule has 126 valence electrons. The van der Waals surface area contributed by atoms with Gasteiger partial charge in [0.2, 0.25) is 0 Å². The molecule has 0 N–H and O–H groups in total. The van der Waals surface area contributed by atoms with Crippen LogP contribution in [0.25, 0.3) is 0 Å². The van der Waals surface area contributed by atoms with Crippen molar-refractivity contribution < 1.29 is 13.3 Å². The standard InChI is InChI=1S/C16H15BrN2O4S/c1-3-15(12-6-4-11(2)5-7-12)24(22,23)10-14-16(19(20)21)13(17)8-9-18-14/h3-9,15H,1,10H2,2H3. The van der Waals surface area contributed by atoms with Crippen LogP contribution in [0.15, 0.2) is 53.7 Å². The van der Waals surface area contributed by atoms with Gasteiger partial charge in [0.1, 0.15) is 16.7 Å². The number of nitro groups is 1. The summed E-state index contributed by atoms with van der Waals surface area (Å²) in [7, 11) is -3.77. The minimum atomic E-state index is -3.77. The zero-order chi connectivity index (χ0) is 17.9. The minimum Gasteiger partial charge on any atom is -0.258 e. The fourth-order valence-corrected chi connectivity index (χ4v) is 4.42. The molecule has 2 rings (SSSR count). The Morgan fingerprint density at radius 2 is 1.96 bits per heavy atom. The third kappa shape index (κ3) is 3.88. The van der Waals surface area contributed by atoms with E-state index in [2.05, 4.69) is 27.5 Å². The first-order chi connectivity index (χ1) is 11.3. The van der Waals surface area contributed by atoms with E-state index in [0.29, 0.717) is 5.56 Å². The fraction of sp³-hybridized carbons (Fsp3) is 0.188. The van der Waals surface area contributed by atoms with Gasteiger partial charge in [-0.25, -0.2) is 8.42 Å². The van der Waals surface area contributed by atoms with Crippen LogP contribution in [0.3, 0.4) is 0 Å². The quantitative estimate of drug-likeness (QED) is 0.409. The van der Waals surface area contributed by atoms with Crippen molar-refractivity contribution in [2.24, 2.45) is 0 Å². The summed E-state index contributed by atoms with van der Waals surface area (Å²) in [6.45, 7) is 5.50. The van der Waals surface area contributed by atoms with E-state index in [9.17, 15) is 18.5 Å². The van der Waals surface area contributed by atoms with Crippen molar-refractivity contribution in [2.45, 2.75) is 17.9 Å². The molecule has 1 atom stereocenters. The molecule has 8 heteroatoms. The molecule has 0 spiro atoms. The van der Waals surface area contributed by atoms with Crippen LogP contribution < -0.4 is 0 Å². The first-order valence-corrected chi connectivity index (χ1v) is 9.45. The van der Waals surface area contributed by atoms with Gasteiger partial charge in [0.05, 0.1) is 9.40 Å². The van der Waals surface area contributed by atoms with Gasteiger partial charge in [0.25, 0.3) is 0 Å². The van der Waals surface area contributed by atoms with Gasteiger partial charge in [-0.15, -0.1) is 6.58 Å². The van der Waals surface area contributed by atoms with Crippen molar-refractivity contribution in [3.8, 4) is 0 Å². The smallest absolute Gasteiger partial charge is 0.258 e. The Morgan fingerprint density at radius 1 is 1.33 bits per heavy atom.